The molecule has 132 valence electrons. The molecule has 0 aliphatic carbocycles. The first-order valence-electron chi connectivity index (χ1n) is 6.99. The number of carboxylic acids is 1. The Morgan fingerprint density at radius 2 is 2.08 bits per heavy atom. The first-order chi connectivity index (χ1) is 11.2. The number of rotatable bonds is 9. The predicted octanol–water partition coefficient (Wildman–Crippen LogP) is -2.82. The van der Waals surface area contributed by atoms with E-state index in [9.17, 15) is 19.2 Å². The third-order valence-corrected chi connectivity index (χ3v) is 3.10. The highest BCUT2D eigenvalue weighted by Gasteiger charge is 2.28. The maximum atomic E-state index is 12.4. The summed E-state index contributed by atoms with van der Waals surface area (Å²) in [5.74, 6) is -3.30. The minimum atomic E-state index is -1.20. The lowest BCUT2D eigenvalue weighted by Crippen LogP contribution is -2.54. The molecule has 0 spiro atoms. The predicted molar refractivity (Wildman–Crippen MR) is 81.3 cm³/mol. The average Bonchev–Trinajstić information content (AvgIpc) is 2.97. The van der Waals surface area contributed by atoms with Gasteiger partial charge in [-0.2, -0.15) is 0 Å². The van der Waals surface area contributed by atoms with E-state index in [2.05, 4.69) is 15.3 Å². The first-order valence-corrected chi connectivity index (χ1v) is 6.99. The number of amides is 3. The van der Waals surface area contributed by atoms with Gasteiger partial charge in [0.1, 0.15) is 12.6 Å². The van der Waals surface area contributed by atoms with Gasteiger partial charge in [-0.3, -0.25) is 19.2 Å². The first kappa shape index (κ1) is 19.1. The zero-order valence-electron chi connectivity index (χ0n) is 13.1. The number of hydrogen-bond acceptors (Lipinski definition) is 6. The Hall–Kier alpha value is -2.95. The van der Waals surface area contributed by atoms with Crippen LogP contribution >= 0.6 is 0 Å². The highest BCUT2D eigenvalue weighted by atomic mass is 16.4. The van der Waals surface area contributed by atoms with E-state index in [0.717, 1.165) is 4.90 Å². The van der Waals surface area contributed by atoms with E-state index in [4.69, 9.17) is 16.6 Å². The van der Waals surface area contributed by atoms with Crippen molar-refractivity contribution in [2.75, 3.05) is 13.6 Å². The summed E-state index contributed by atoms with van der Waals surface area (Å²) in [5.41, 5.74) is 11.1. The van der Waals surface area contributed by atoms with Gasteiger partial charge in [0.15, 0.2) is 0 Å². The number of hydrogen-bond donors (Lipinski definition) is 5. The summed E-state index contributed by atoms with van der Waals surface area (Å²) in [7, 11) is 1.30. The average molecular weight is 340 g/mol. The summed E-state index contributed by atoms with van der Waals surface area (Å²) in [5, 5.41) is 11.2. The van der Waals surface area contributed by atoms with Gasteiger partial charge in [0.25, 0.3) is 0 Å². The molecule has 0 aliphatic heterocycles. The quantitative estimate of drug-likeness (QED) is 0.321. The van der Waals surface area contributed by atoms with Crippen molar-refractivity contribution in [3.63, 3.8) is 0 Å². The lowest BCUT2D eigenvalue weighted by molar-refractivity contribution is -0.144. The number of carbonyl (C=O) groups is 4. The summed E-state index contributed by atoms with van der Waals surface area (Å²) in [6.45, 7) is -0.526. The molecule has 24 heavy (non-hydrogen) atoms. The number of imidazole rings is 1. The standard InChI is InChI=1S/C13H20N6O5/c1-19(5-11(21)22)13(24)9(2-7-4-16-6-17-7)18-12(23)8(14)3-10(15)20/h4,6,8-9H,2-3,5,14H2,1H3,(H2,15,20)(H,16,17)(H,18,23)(H,21,22)/t8-,9-/m0/s1. The van der Waals surface area contributed by atoms with E-state index in [1.165, 1.54) is 19.6 Å². The zero-order valence-corrected chi connectivity index (χ0v) is 13.1. The van der Waals surface area contributed by atoms with Crippen molar-refractivity contribution in [1.82, 2.24) is 20.2 Å². The van der Waals surface area contributed by atoms with Gasteiger partial charge < -0.3 is 31.8 Å². The fourth-order valence-corrected chi connectivity index (χ4v) is 1.95. The molecule has 2 atom stereocenters. The van der Waals surface area contributed by atoms with Crippen LogP contribution in [0, 0.1) is 0 Å². The number of carbonyl (C=O) groups excluding carboxylic acids is 3. The highest BCUT2D eigenvalue weighted by molar-refractivity contribution is 5.92. The molecule has 0 unspecified atom stereocenters. The number of carboxylic acid groups (broad SMARTS) is 1. The van der Waals surface area contributed by atoms with E-state index in [1.807, 2.05) is 0 Å². The molecule has 1 aromatic heterocycles. The molecule has 11 heteroatoms. The zero-order chi connectivity index (χ0) is 18.3. The van der Waals surface area contributed by atoms with Crippen LogP contribution in [0.3, 0.4) is 0 Å². The number of nitrogens with two attached hydrogens (primary N) is 2. The number of nitrogens with zero attached hydrogens (tertiary/aromatic N) is 2. The third-order valence-electron chi connectivity index (χ3n) is 3.10. The largest absolute Gasteiger partial charge is 0.480 e. The van der Waals surface area contributed by atoms with Crippen LogP contribution in [0.1, 0.15) is 12.1 Å². The molecule has 1 rings (SSSR count). The molecule has 1 heterocycles. The Labute approximate surface area is 137 Å². The Morgan fingerprint density at radius 3 is 2.58 bits per heavy atom. The monoisotopic (exact) mass is 340 g/mol. The van der Waals surface area contributed by atoms with Crippen LogP contribution in [-0.4, -0.2) is 69.3 Å². The van der Waals surface area contributed by atoms with E-state index < -0.39 is 42.3 Å². The SMILES string of the molecule is CN(CC(=O)O)C(=O)[C@H](Cc1cnc[nH]1)NC(=O)[C@@H](N)CC(N)=O. The summed E-state index contributed by atoms with van der Waals surface area (Å²) in [6.07, 6.45) is 2.55. The molecule has 11 nitrogen and oxygen atoms in total. The van der Waals surface area contributed by atoms with Crippen LogP contribution in [0.5, 0.6) is 0 Å². The van der Waals surface area contributed by atoms with E-state index in [0.29, 0.717) is 5.69 Å². The summed E-state index contributed by atoms with van der Waals surface area (Å²) < 4.78 is 0. The van der Waals surface area contributed by atoms with Gasteiger partial charge in [-0.05, 0) is 0 Å². The van der Waals surface area contributed by atoms with E-state index >= 15 is 0 Å². The van der Waals surface area contributed by atoms with Gasteiger partial charge in [0.2, 0.25) is 17.7 Å². The van der Waals surface area contributed by atoms with Crippen molar-refractivity contribution in [1.29, 1.82) is 0 Å². The number of likely N-dealkylation sites (N-methyl/N-ethyl adjacent to an activating group) is 1. The molecule has 0 bridgehead atoms. The second kappa shape index (κ2) is 8.62. The van der Waals surface area contributed by atoms with Gasteiger partial charge >= 0.3 is 5.97 Å². The highest BCUT2D eigenvalue weighted by Crippen LogP contribution is 2.03. The van der Waals surface area contributed by atoms with Crippen LogP contribution in [0.15, 0.2) is 12.5 Å². The molecular weight excluding hydrogens is 320 g/mol. The molecule has 0 radical (unpaired) electrons. The van der Waals surface area contributed by atoms with E-state index in [-0.39, 0.29) is 12.8 Å². The van der Waals surface area contributed by atoms with Crippen LogP contribution < -0.4 is 16.8 Å². The van der Waals surface area contributed by atoms with Crippen LogP contribution in [0.25, 0.3) is 0 Å². The second-order valence-electron chi connectivity index (χ2n) is 5.21. The Kier molecular flexibility index (Phi) is 6.86. The third kappa shape index (κ3) is 6.04. The second-order valence-corrected chi connectivity index (χ2v) is 5.21. The number of aromatic nitrogens is 2. The lowest BCUT2D eigenvalue weighted by Gasteiger charge is -2.24. The Balaban J connectivity index is 2.84. The minimum Gasteiger partial charge on any atom is -0.480 e. The minimum absolute atomic E-state index is 0.0534. The summed E-state index contributed by atoms with van der Waals surface area (Å²) in [6, 6.07) is -2.27. The van der Waals surface area contributed by atoms with Crippen LogP contribution in [0.4, 0.5) is 0 Å². The normalized spacial score (nSPS) is 12.9. The smallest absolute Gasteiger partial charge is 0.323 e. The van der Waals surface area contributed by atoms with Crippen LogP contribution in [-0.2, 0) is 25.6 Å². The molecular formula is C13H20N6O5. The van der Waals surface area contributed by atoms with Crippen molar-refractivity contribution < 1.29 is 24.3 Å². The number of nitrogens with one attached hydrogen (secondary N) is 2. The molecule has 0 saturated heterocycles. The summed E-state index contributed by atoms with van der Waals surface area (Å²) >= 11 is 0. The van der Waals surface area contributed by atoms with Gasteiger partial charge in [-0.25, -0.2) is 4.98 Å². The van der Waals surface area contributed by atoms with Crippen molar-refractivity contribution >= 4 is 23.7 Å². The van der Waals surface area contributed by atoms with E-state index in [1.54, 1.807) is 0 Å². The van der Waals surface area contributed by atoms with Gasteiger partial charge in [0, 0.05) is 25.4 Å². The molecule has 0 aromatic carbocycles. The van der Waals surface area contributed by atoms with Crippen molar-refractivity contribution in [3.8, 4) is 0 Å². The number of H-pyrrole nitrogens is 1. The molecule has 0 saturated carbocycles. The summed E-state index contributed by atoms with van der Waals surface area (Å²) in [4.78, 5) is 53.5. The maximum Gasteiger partial charge on any atom is 0.323 e. The van der Waals surface area contributed by atoms with Crippen molar-refractivity contribution in [3.05, 3.63) is 18.2 Å². The molecule has 1 aromatic rings. The Bertz CT molecular complexity index is 602. The van der Waals surface area contributed by atoms with Gasteiger partial charge in [0.05, 0.1) is 18.8 Å². The lowest BCUT2D eigenvalue weighted by atomic mass is 10.1. The van der Waals surface area contributed by atoms with Crippen molar-refractivity contribution in [2.45, 2.75) is 24.9 Å². The topological polar surface area (TPSA) is 184 Å². The molecule has 0 aliphatic rings. The number of aromatic amines is 1. The number of primary amides is 1. The fraction of sp³-hybridized carbons (Fsp3) is 0.462. The van der Waals surface area contributed by atoms with Gasteiger partial charge in [-0.1, -0.05) is 0 Å². The molecule has 3 amide bonds. The Morgan fingerprint density at radius 1 is 1.42 bits per heavy atom. The van der Waals surface area contributed by atoms with Crippen molar-refractivity contribution in [2.24, 2.45) is 11.5 Å². The molecule has 0 fully saturated rings. The number of aliphatic carboxylic acids is 1. The fourth-order valence-electron chi connectivity index (χ4n) is 1.95. The van der Waals surface area contributed by atoms with Gasteiger partial charge in [-0.15, -0.1) is 0 Å². The molecule has 7 N–H and O–H groups in total. The maximum absolute atomic E-state index is 12.4. The van der Waals surface area contributed by atoms with Crippen LogP contribution in [0.2, 0.25) is 0 Å².